The Balaban J connectivity index is 1.41. The predicted molar refractivity (Wildman–Crippen MR) is 113 cm³/mol. The van der Waals surface area contributed by atoms with Crippen LogP contribution in [0.4, 0.5) is 5.82 Å². The van der Waals surface area contributed by atoms with Crippen LogP contribution in [0, 0.1) is 0 Å². The van der Waals surface area contributed by atoms with Crippen LogP contribution < -0.4 is 10.1 Å². The molecule has 0 aliphatic heterocycles. The van der Waals surface area contributed by atoms with E-state index in [4.69, 9.17) is 9.84 Å². The highest BCUT2D eigenvalue weighted by Crippen LogP contribution is 2.31. The fraction of sp³-hybridized carbons (Fsp3) is 0.273. The number of hydrogen-bond acceptors (Lipinski definition) is 4. The minimum Gasteiger partial charge on any atom is -0.497 e. The number of hydrogen-bond donors (Lipinski definition) is 1. The summed E-state index contributed by atoms with van der Waals surface area (Å²) in [5.41, 5.74) is 3.26. The lowest BCUT2D eigenvalue weighted by atomic mass is 10.2. The molecule has 4 rings (SSSR count). The van der Waals surface area contributed by atoms with Crippen molar-refractivity contribution in [3.63, 3.8) is 0 Å². The molecule has 28 heavy (non-hydrogen) atoms. The summed E-state index contributed by atoms with van der Waals surface area (Å²) in [5, 5.41) is 7.87. The molecule has 0 fully saturated rings. The zero-order valence-electron chi connectivity index (χ0n) is 15.9. The molecular formula is C22H23N3O2S. The molecule has 0 atom stereocenters. The number of para-hydroxylation sites is 1. The van der Waals surface area contributed by atoms with Gasteiger partial charge in [-0.3, -0.25) is 4.79 Å². The van der Waals surface area contributed by atoms with Crippen molar-refractivity contribution in [3.8, 4) is 11.4 Å². The van der Waals surface area contributed by atoms with Crippen molar-refractivity contribution < 1.29 is 9.53 Å². The first kappa shape index (κ1) is 18.6. The first-order valence-corrected chi connectivity index (χ1v) is 10.5. The average molecular weight is 394 g/mol. The van der Waals surface area contributed by atoms with Crippen molar-refractivity contribution in [3.05, 3.63) is 65.9 Å². The Morgan fingerprint density at radius 3 is 2.68 bits per heavy atom. The van der Waals surface area contributed by atoms with Gasteiger partial charge in [-0.2, -0.15) is 5.10 Å². The number of ether oxygens (including phenoxy) is 1. The molecule has 0 bridgehead atoms. The maximum absolute atomic E-state index is 12.6. The zero-order valence-corrected chi connectivity index (χ0v) is 16.7. The Bertz CT molecular complexity index is 952. The van der Waals surface area contributed by atoms with Crippen LogP contribution in [0.2, 0.25) is 0 Å². The van der Waals surface area contributed by atoms with E-state index in [9.17, 15) is 4.79 Å². The summed E-state index contributed by atoms with van der Waals surface area (Å²) in [6.45, 7) is 0. The fourth-order valence-electron chi connectivity index (χ4n) is 3.40. The van der Waals surface area contributed by atoms with E-state index in [-0.39, 0.29) is 5.91 Å². The van der Waals surface area contributed by atoms with Gasteiger partial charge in [0.15, 0.2) is 0 Å². The zero-order chi connectivity index (χ0) is 19.3. The Labute approximate surface area is 169 Å². The Hall–Kier alpha value is -2.73. The SMILES string of the molecule is COc1ccc(SCCC(=O)Nc2c3c(nn2-c2ccccc2)CCC3)cc1. The molecule has 144 valence electrons. The van der Waals surface area contributed by atoms with E-state index in [1.807, 2.05) is 59.3 Å². The van der Waals surface area contributed by atoms with Gasteiger partial charge in [-0.1, -0.05) is 18.2 Å². The van der Waals surface area contributed by atoms with Gasteiger partial charge >= 0.3 is 0 Å². The summed E-state index contributed by atoms with van der Waals surface area (Å²) in [6.07, 6.45) is 3.50. The molecule has 0 unspecified atom stereocenters. The van der Waals surface area contributed by atoms with E-state index in [1.54, 1.807) is 18.9 Å². The lowest BCUT2D eigenvalue weighted by molar-refractivity contribution is -0.115. The summed E-state index contributed by atoms with van der Waals surface area (Å²) in [4.78, 5) is 13.7. The second-order valence-corrected chi connectivity index (χ2v) is 7.87. The van der Waals surface area contributed by atoms with Gasteiger partial charge in [-0.05, 0) is 55.7 Å². The number of nitrogens with zero attached hydrogens (tertiary/aromatic N) is 2. The van der Waals surface area contributed by atoms with Crippen LogP contribution in [0.25, 0.3) is 5.69 Å². The quantitative estimate of drug-likeness (QED) is 0.601. The molecule has 1 N–H and O–H groups in total. The highest BCUT2D eigenvalue weighted by atomic mass is 32.2. The van der Waals surface area contributed by atoms with Crippen molar-refractivity contribution in [2.45, 2.75) is 30.6 Å². The van der Waals surface area contributed by atoms with Gasteiger partial charge in [0.1, 0.15) is 11.6 Å². The standard InChI is InChI=1S/C22H23N3O2S/c1-27-17-10-12-18(13-11-17)28-15-14-21(26)23-22-19-8-5-9-20(19)24-25(22)16-6-3-2-4-7-16/h2-4,6-7,10-13H,5,8-9,14-15H2,1H3,(H,23,26). The first-order chi connectivity index (χ1) is 13.7. The Morgan fingerprint density at radius 2 is 1.93 bits per heavy atom. The van der Waals surface area contributed by atoms with Gasteiger partial charge in [0.25, 0.3) is 0 Å². The third kappa shape index (κ3) is 4.07. The minimum atomic E-state index is 0.0211. The van der Waals surface area contributed by atoms with Gasteiger partial charge in [-0.25, -0.2) is 4.68 Å². The summed E-state index contributed by atoms with van der Waals surface area (Å²) in [7, 11) is 1.66. The van der Waals surface area contributed by atoms with E-state index in [1.165, 1.54) is 5.56 Å². The van der Waals surface area contributed by atoms with Crippen LogP contribution in [0.5, 0.6) is 5.75 Å². The maximum atomic E-state index is 12.6. The second-order valence-electron chi connectivity index (χ2n) is 6.70. The normalized spacial score (nSPS) is 12.6. The van der Waals surface area contributed by atoms with Gasteiger partial charge in [0.05, 0.1) is 18.5 Å². The Kier molecular flexibility index (Phi) is 5.67. The van der Waals surface area contributed by atoms with E-state index in [0.717, 1.165) is 52.9 Å². The first-order valence-electron chi connectivity index (χ1n) is 9.47. The third-order valence-electron chi connectivity index (χ3n) is 4.82. The number of aromatic nitrogens is 2. The van der Waals surface area contributed by atoms with Crippen LogP contribution in [-0.4, -0.2) is 28.6 Å². The number of methoxy groups -OCH3 is 1. The summed E-state index contributed by atoms with van der Waals surface area (Å²) < 4.78 is 7.05. The van der Waals surface area contributed by atoms with Crippen molar-refractivity contribution in [1.29, 1.82) is 0 Å². The number of amides is 1. The summed E-state index contributed by atoms with van der Waals surface area (Å²) >= 11 is 1.67. The van der Waals surface area contributed by atoms with Gasteiger partial charge in [0, 0.05) is 22.6 Å². The Morgan fingerprint density at radius 1 is 1.14 bits per heavy atom. The number of fused-ring (bicyclic) bond motifs is 1. The number of rotatable bonds is 7. The van der Waals surface area contributed by atoms with Gasteiger partial charge in [0.2, 0.25) is 5.91 Å². The highest BCUT2D eigenvalue weighted by Gasteiger charge is 2.24. The van der Waals surface area contributed by atoms with Crippen LogP contribution >= 0.6 is 11.8 Å². The maximum Gasteiger partial charge on any atom is 0.226 e. The van der Waals surface area contributed by atoms with Gasteiger partial charge < -0.3 is 10.1 Å². The van der Waals surface area contributed by atoms with Crippen LogP contribution in [0.3, 0.4) is 0 Å². The van der Waals surface area contributed by atoms with E-state index >= 15 is 0 Å². The van der Waals surface area contributed by atoms with Crippen molar-refractivity contribution in [2.75, 3.05) is 18.2 Å². The molecule has 3 aromatic rings. The molecule has 0 radical (unpaired) electrons. The summed E-state index contributed by atoms with van der Waals surface area (Å²) in [5.74, 6) is 2.41. The van der Waals surface area contributed by atoms with E-state index < -0.39 is 0 Å². The molecule has 5 nitrogen and oxygen atoms in total. The van der Waals surface area contributed by atoms with Crippen molar-refractivity contribution in [2.24, 2.45) is 0 Å². The number of carbonyl (C=O) groups excluding carboxylic acids is 1. The molecule has 1 aliphatic rings. The molecule has 1 amide bonds. The van der Waals surface area contributed by atoms with Gasteiger partial charge in [-0.15, -0.1) is 11.8 Å². The molecule has 2 aromatic carbocycles. The average Bonchev–Trinajstić information content (AvgIpc) is 3.32. The number of anilines is 1. The van der Waals surface area contributed by atoms with Crippen LogP contribution in [-0.2, 0) is 17.6 Å². The molecule has 0 saturated heterocycles. The van der Waals surface area contributed by atoms with E-state index in [0.29, 0.717) is 6.42 Å². The fourth-order valence-corrected chi connectivity index (χ4v) is 4.26. The molecule has 1 aliphatic carbocycles. The van der Waals surface area contributed by atoms with Crippen LogP contribution in [0.1, 0.15) is 24.1 Å². The molecule has 0 spiro atoms. The number of nitrogens with one attached hydrogen (secondary N) is 1. The largest absolute Gasteiger partial charge is 0.497 e. The summed E-state index contributed by atoms with van der Waals surface area (Å²) in [6, 6.07) is 17.9. The third-order valence-corrected chi connectivity index (χ3v) is 5.84. The second kappa shape index (κ2) is 8.52. The highest BCUT2D eigenvalue weighted by molar-refractivity contribution is 7.99. The molecule has 1 heterocycles. The molecule has 1 aromatic heterocycles. The van der Waals surface area contributed by atoms with Crippen molar-refractivity contribution >= 4 is 23.5 Å². The molecule has 0 saturated carbocycles. The molecular weight excluding hydrogens is 370 g/mol. The minimum absolute atomic E-state index is 0.0211. The number of thioether (sulfide) groups is 1. The topological polar surface area (TPSA) is 56.1 Å². The molecule has 6 heteroatoms. The number of benzene rings is 2. The van der Waals surface area contributed by atoms with Crippen LogP contribution in [0.15, 0.2) is 59.5 Å². The van der Waals surface area contributed by atoms with E-state index in [2.05, 4.69) is 5.32 Å². The van der Waals surface area contributed by atoms with Crippen molar-refractivity contribution in [1.82, 2.24) is 9.78 Å². The number of carbonyl (C=O) groups is 1. The monoisotopic (exact) mass is 393 g/mol. The lowest BCUT2D eigenvalue weighted by Gasteiger charge is -2.11. The lowest BCUT2D eigenvalue weighted by Crippen LogP contribution is -2.16. The number of aryl methyl sites for hydroxylation is 1. The smallest absolute Gasteiger partial charge is 0.226 e. The predicted octanol–water partition coefficient (Wildman–Crippen LogP) is 4.49.